The van der Waals surface area contributed by atoms with Gasteiger partial charge in [-0.1, -0.05) is 13.8 Å². The molecule has 0 aliphatic carbocycles. The van der Waals surface area contributed by atoms with Gasteiger partial charge in [-0.05, 0) is 29.5 Å². The number of rotatable bonds is 4. The van der Waals surface area contributed by atoms with E-state index in [0.717, 1.165) is 17.5 Å². The Morgan fingerprint density at radius 3 is 2.79 bits per heavy atom. The fourth-order valence-electron chi connectivity index (χ4n) is 1.41. The largest absolute Gasteiger partial charge is 0.481 e. The van der Waals surface area contributed by atoms with Crippen molar-refractivity contribution in [1.29, 1.82) is 0 Å². The van der Waals surface area contributed by atoms with Gasteiger partial charge in [-0.25, -0.2) is 0 Å². The molecule has 1 aromatic heterocycles. The number of aromatic nitrogens is 1. The first-order chi connectivity index (χ1) is 6.59. The summed E-state index contributed by atoms with van der Waals surface area (Å²) in [5, 5.41) is 8.71. The third-order valence-electron chi connectivity index (χ3n) is 1.97. The minimum atomic E-state index is -0.791. The zero-order chi connectivity index (χ0) is 10.6. The Balaban J connectivity index is 2.85. The van der Waals surface area contributed by atoms with E-state index >= 15 is 0 Å². The summed E-state index contributed by atoms with van der Waals surface area (Å²) in [5.41, 5.74) is 1.92. The molecular formula is C11H15NO2. The van der Waals surface area contributed by atoms with Gasteiger partial charge in [0.25, 0.3) is 0 Å². The molecule has 3 nitrogen and oxygen atoms in total. The number of hydrogen-bond acceptors (Lipinski definition) is 2. The highest BCUT2D eigenvalue weighted by Crippen LogP contribution is 2.13. The van der Waals surface area contributed by atoms with Crippen LogP contribution < -0.4 is 0 Å². The maximum absolute atomic E-state index is 10.6. The molecule has 0 unspecified atom stereocenters. The number of pyridine rings is 1. The molecule has 0 spiro atoms. The van der Waals surface area contributed by atoms with Crippen molar-refractivity contribution in [1.82, 2.24) is 4.98 Å². The quantitative estimate of drug-likeness (QED) is 0.794. The second-order valence-corrected chi connectivity index (χ2v) is 3.81. The number of carbonyl (C=O) groups is 1. The predicted octanol–water partition coefficient (Wildman–Crippen LogP) is 1.91. The van der Waals surface area contributed by atoms with Gasteiger partial charge in [-0.15, -0.1) is 0 Å². The van der Waals surface area contributed by atoms with Gasteiger partial charge >= 0.3 is 5.97 Å². The van der Waals surface area contributed by atoms with Crippen LogP contribution in [0.15, 0.2) is 18.5 Å². The minimum Gasteiger partial charge on any atom is -0.481 e. The minimum absolute atomic E-state index is 0.0879. The molecule has 1 N–H and O–H groups in total. The van der Waals surface area contributed by atoms with Gasteiger partial charge in [0, 0.05) is 12.4 Å². The van der Waals surface area contributed by atoms with Gasteiger partial charge in [0.05, 0.1) is 6.42 Å². The van der Waals surface area contributed by atoms with E-state index in [1.807, 2.05) is 0 Å². The SMILES string of the molecule is CC(C)Cc1cnccc1CC(=O)O. The summed E-state index contributed by atoms with van der Waals surface area (Å²) in [6.07, 6.45) is 4.38. The van der Waals surface area contributed by atoms with Crippen molar-refractivity contribution in [3.8, 4) is 0 Å². The summed E-state index contributed by atoms with van der Waals surface area (Å²) >= 11 is 0. The van der Waals surface area contributed by atoms with Gasteiger partial charge in [-0.3, -0.25) is 9.78 Å². The first-order valence-electron chi connectivity index (χ1n) is 4.73. The van der Waals surface area contributed by atoms with Gasteiger partial charge in [-0.2, -0.15) is 0 Å². The average Bonchev–Trinajstić information content (AvgIpc) is 2.06. The lowest BCUT2D eigenvalue weighted by Gasteiger charge is -2.08. The fraction of sp³-hybridized carbons (Fsp3) is 0.455. The van der Waals surface area contributed by atoms with Crippen molar-refractivity contribution >= 4 is 5.97 Å². The van der Waals surface area contributed by atoms with Crippen molar-refractivity contribution in [2.45, 2.75) is 26.7 Å². The van der Waals surface area contributed by atoms with Crippen LogP contribution in [0, 0.1) is 5.92 Å². The molecule has 0 bridgehead atoms. The van der Waals surface area contributed by atoms with E-state index in [2.05, 4.69) is 18.8 Å². The van der Waals surface area contributed by atoms with Crippen molar-refractivity contribution in [2.75, 3.05) is 0 Å². The molecule has 1 aromatic rings. The molecule has 0 radical (unpaired) electrons. The molecular weight excluding hydrogens is 178 g/mol. The van der Waals surface area contributed by atoms with Crippen LogP contribution in [0.1, 0.15) is 25.0 Å². The summed E-state index contributed by atoms with van der Waals surface area (Å²) in [4.78, 5) is 14.6. The first-order valence-corrected chi connectivity index (χ1v) is 4.73. The lowest BCUT2D eigenvalue weighted by atomic mass is 9.98. The van der Waals surface area contributed by atoms with Crippen molar-refractivity contribution in [3.05, 3.63) is 29.6 Å². The molecule has 0 saturated heterocycles. The molecule has 76 valence electrons. The highest BCUT2D eigenvalue weighted by molar-refractivity contribution is 5.70. The third-order valence-corrected chi connectivity index (χ3v) is 1.97. The summed E-state index contributed by atoms with van der Waals surface area (Å²) < 4.78 is 0. The smallest absolute Gasteiger partial charge is 0.307 e. The van der Waals surface area contributed by atoms with Crippen molar-refractivity contribution in [2.24, 2.45) is 5.92 Å². The molecule has 0 aliphatic rings. The van der Waals surface area contributed by atoms with E-state index in [-0.39, 0.29) is 6.42 Å². The predicted molar refractivity (Wildman–Crippen MR) is 54.1 cm³/mol. The van der Waals surface area contributed by atoms with E-state index in [1.165, 1.54) is 0 Å². The van der Waals surface area contributed by atoms with Crippen LogP contribution in [0.25, 0.3) is 0 Å². The normalized spacial score (nSPS) is 10.5. The Labute approximate surface area is 83.8 Å². The lowest BCUT2D eigenvalue weighted by molar-refractivity contribution is -0.136. The van der Waals surface area contributed by atoms with Crippen LogP contribution in [0.2, 0.25) is 0 Å². The molecule has 3 heteroatoms. The number of nitrogens with zero attached hydrogens (tertiary/aromatic N) is 1. The monoisotopic (exact) mass is 193 g/mol. The highest BCUT2D eigenvalue weighted by atomic mass is 16.4. The van der Waals surface area contributed by atoms with E-state index in [9.17, 15) is 4.79 Å². The summed E-state index contributed by atoms with van der Waals surface area (Å²) in [6, 6.07) is 1.78. The Morgan fingerprint density at radius 1 is 1.50 bits per heavy atom. The first kappa shape index (κ1) is 10.7. The van der Waals surface area contributed by atoms with Crippen LogP contribution in [0.4, 0.5) is 0 Å². The van der Waals surface area contributed by atoms with Crippen molar-refractivity contribution < 1.29 is 9.90 Å². The van der Waals surface area contributed by atoms with E-state index in [4.69, 9.17) is 5.11 Å². The maximum Gasteiger partial charge on any atom is 0.307 e. The van der Waals surface area contributed by atoms with Crippen LogP contribution >= 0.6 is 0 Å². The molecule has 0 aliphatic heterocycles. The molecule has 0 aromatic carbocycles. The van der Waals surface area contributed by atoms with Gasteiger partial charge in [0.1, 0.15) is 0 Å². The molecule has 0 atom stereocenters. The van der Waals surface area contributed by atoms with Crippen LogP contribution in [-0.4, -0.2) is 16.1 Å². The molecule has 1 rings (SSSR count). The van der Waals surface area contributed by atoms with Crippen LogP contribution in [0.5, 0.6) is 0 Å². The lowest BCUT2D eigenvalue weighted by Crippen LogP contribution is -2.06. The van der Waals surface area contributed by atoms with E-state index in [1.54, 1.807) is 18.5 Å². The zero-order valence-corrected chi connectivity index (χ0v) is 8.53. The van der Waals surface area contributed by atoms with E-state index in [0.29, 0.717) is 5.92 Å². The number of carboxylic acids is 1. The number of hydrogen-bond donors (Lipinski definition) is 1. The van der Waals surface area contributed by atoms with Gasteiger partial charge in [0.2, 0.25) is 0 Å². The number of carboxylic acid groups (broad SMARTS) is 1. The molecule has 0 saturated carbocycles. The van der Waals surface area contributed by atoms with Gasteiger partial charge < -0.3 is 5.11 Å². The summed E-state index contributed by atoms with van der Waals surface area (Å²) in [6.45, 7) is 4.22. The van der Waals surface area contributed by atoms with Crippen LogP contribution in [-0.2, 0) is 17.6 Å². The van der Waals surface area contributed by atoms with Crippen molar-refractivity contribution in [3.63, 3.8) is 0 Å². The molecule has 1 heterocycles. The molecule has 14 heavy (non-hydrogen) atoms. The van der Waals surface area contributed by atoms with Gasteiger partial charge in [0.15, 0.2) is 0 Å². The second-order valence-electron chi connectivity index (χ2n) is 3.81. The Morgan fingerprint density at radius 2 is 2.21 bits per heavy atom. The third kappa shape index (κ3) is 3.17. The van der Waals surface area contributed by atoms with Crippen LogP contribution in [0.3, 0.4) is 0 Å². The Kier molecular flexibility index (Phi) is 3.63. The standard InChI is InChI=1S/C11H15NO2/c1-8(2)5-10-7-12-4-3-9(10)6-11(13)14/h3-4,7-8H,5-6H2,1-2H3,(H,13,14). The second kappa shape index (κ2) is 4.74. The summed E-state index contributed by atoms with van der Waals surface area (Å²) in [5.74, 6) is -0.270. The topological polar surface area (TPSA) is 50.2 Å². The Bertz CT molecular complexity index is 321. The number of aliphatic carboxylic acids is 1. The summed E-state index contributed by atoms with van der Waals surface area (Å²) in [7, 11) is 0. The Hall–Kier alpha value is -1.38. The molecule has 0 fully saturated rings. The fourth-order valence-corrected chi connectivity index (χ4v) is 1.41. The molecule has 0 amide bonds. The average molecular weight is 193 g/mol. The highest BCUT2D eigenvalue weighted by Gasteiger charge is 2.07. The zero-order valence-electron chi connectivity index (χ0n) is 8.53. The maximum atomic E-state index is 10.6. The van der Waals surface area contributed by atoms with E-state index < -0.39 is 5.97 Å².